The zero-order valence-corrected chi connectivity index (χ0v) is 28.2. The number of fused-ring (bicyclic) bond motifs is 1. The topological polar surface area (TPSA) is 75.9 Å². The van der Waals surface area contributed by atoms with Gasteiger partial charge in [0.05, 0.1) is 11.4 Å². The molecule has 0 radical (unpaired) electrons. The van der Waals surface area contributed by atoms with Crippen molar-refractivity contribution >= 4 is 27.9 Å². The quantitative estimate of drug-likeness (QED) is 0.141. The molecule has 45 heavy (non-hydrogen) atoms. The molecule has 0 aliphatic carbocycles. The number of aryl methyl sites for hydroxylation is 1. The van der Waals surface area contributed by atoms with E-state index in [4.69, 9.17) is 0 Å². The zero-order valence-electron chi connectivity index (χ0n) is 28.2. The van der Waals surface area contributed by atoms with Crippen molar-refractivity contribution in [1.29, 1.82) is 0 Å². The Bertz CT molecular complexity index is 1710. The van der Waals surface area contributed by atoms with Gasteiger partial charge in [0.15, 0.2) is 5.65 Å². The molecule has 0 fully saturated rings. The second-order valence-corrected chi connectivity index (χ2v) is 10.9. The van der Waals surface area contributed by atoms with Crippen LogP contribution in [0.2, 0.25) is 0 Å². The Morgan fingerprint density at radius 2 is 1.80 bits per heavy atom. The number of nitrogens with one attached hydrogen (secondary N) is 3. The van der Waals surface area contributed by atoms with E-state index in [1.807, 2.05) is 104 Å². The number of anilines is 1. The number of likely N-dealkylation sites (N-methyl/N-ethyl adjacent to an activating group) is 2. The Balaban J connectivity index is 0.00000271. The fourth-order valence-electron chi connectivity index (χ4n) is 4.90. The standard InChI is InChI=1S/C35H42FN7.C2H6/c1-9-12-13-30(25-16-27(36)20-28(17-25)37-14-15-42(5)6)31-21-33(39-23(31)4)34-32-19-26(22-38-35(32)41-40-34)24(10-2)18-29(11-3)43(7)8;1-2/h9-13,16-22,37,39H,3,14-15H2,1-2,4-8H3,(H,38,40,41);1-2H3/b12-9-,24-10+,29-18+,30-13-;. The van der Waals surface area contributed by atoms with Crippen LogP contribution in [0.4, 0.5) is 10.1 Å². The van der Waals surface area contributed by atoms with Crippen LogP contribution in [-0.2, 0) is 0 Å². The van der Waals surface area contributed by atoms with E-state index in [1.54, 1.807) is 6.07 Å². The molecule has 8 heteroatoms. The third-order valence-corrected chi connectivity index (χ3v) is 7.21. The van der Waals surface area contributed by atoms with E-state index >= 15 is 0 Å². The van der Waals surface area contributed by atoms with Gasteiger partial charge in [0, 0.05) is 67.0 Å². The summed E-state index contributed by atoms with van der Waals surface area (Å²) in [5.74, 6) is -0.287. The predicted octanol–water partition coefficient (Wildman–Crippen LogP) is 8.44. The maximum absolute atomic E-state index is 14.9. The number of hydrogen-bond donors (Lipinski definition) is 3. The van der Waals surface area contributed by atoms with Crippen LogP contribution in [0.1, 0.15) is 50.1 Å². The van der Waals surface area contributed by atoms with Crippen molar-refractivity contribution < 1.29 is 4.39 Å². The van der Waals surface area contributed by atoms with Gasteiger partial charge in [-0.2, -0.15) is 5.10 Å². The highest BCUT2D eigenvalue weighted by Gasteiger charge is 2.18. The lowest BCUT2D eigenvalue weighted by Crippen LogP contribution is -2.20. The van der Waals surface area contributed by atoms with E-state index in [2.05, 4.69) is 61.2 Å². The SMILES string of the molecule is C=C/C(=C\C(=C/C)c1cnc2n[nH]c(-c3cc(/C(=C\C=C/C)c4cc(F)cc(NCCN(C)C)c4)c(C)[nH]3)c2c1)N(C)C.CC. The van der Waals surface area contributed by atoms with E-state index < -0.39 is 0 Å². The normalized spacial score (nSPS) is 12.6. The van der Waals surface area contributed by atoms with Crippen LogP contribution in [0.5, 0.6) is 0 Å². The molecule has 0 amide bonds. The molecule has 0 bridgehead atoms. The van der Waals surface area contributed by atoms with Gasteiger partial charge in [-0.25, -0.2) is 9.37 Å². The van der Waals surface area contributed by atoms with Crippen molar-refractivity contribution in [2.24, 2.45) is 0 Å². The first kappa shape index (κ1) is 34.8. The Labute approximate surface area is 268 Å². The molecule has 0 aliphatic rings. The van der Waals surface area contributed by atoms with Crippen LogP contribution in [0.25, 0.3) is 33.6 Å². The molecule has 1 aromatic carbocycles. The molecular weight excluding hydrogens is 561 g/mol. The number of H-pyrrole nitrogens is 2. The molecule has 3 N–H and O–H groups in total. The number of rotatable bonds is 12. The summed E-state index contributed by atoms with van der Waals surface area (Å²) in [6.07, 6.45) is 13.8. The van der Waals surface area contributed by atoms with Crippen molar-refractivity contribution in [3.63, 3.8) is 0 Å². The molecule has 0 spiro atoms. The van der Waals surface area contributed by atoms with E-state index in [1.165, 1.54) is 6.07 Å². The lowest BCUT2D eigenvalue weighted by Gasteiger charge is -2.14. The molecule has 4 aromatic rings. The van der Waals surface area contributed by atoms with Gasteiger partial charge in [-0.05, 0) is 94.1 Å². The van der Waals surface area contributed by atoms with Gasteiger partial charge in [0.25, 0.3) is 0 Å². The number of nitrogens with zero attached hydrogens (tertiary/aromatic N) is 4. The molecule has 3 aromatic heterocycles. The third kappa shape index (κ3) is 8.70. The summed E-state index contributed by atoms with van der Waals surface area (Å²) >= 11 is 0. The number of aromatic amines is 2. The highest BCUT2D eigenvalue weighted by molar-refractivity contribution is 5.94. The molecule has 238 valence electrons. The number of aromatic nitrogens is 4. The minimum absolute atomic E-state index is 0.287. The van der Waals surface area contributed by atoms with Crippen molar-refractivity contribution in [2.45, 2.75) is 34.6 Å². The molecular formula is C37H48FN7. The fourth-order valence-corrected chi connectivity index (χ4v) is 4.90. The average Bonchev–Trinajstić information content (AvgIpc) is 3.61. The first-order chi connectivity index (χ1) is 21.6. The summed E-state index contributed by atoms with van der Waals surface area (Å²) in [4.78, 5) is 12.3. The number of benzene rings is 1. The number of halogens is 1. The molecule has 4 rings (SSSR count). The number of hydrogen-bond acceptors (Lipinski definition) is 5. The Morgan fingerprint density at radius 3 is 2.44 bits per heavy atom. The van der Waals surface area contributed by atoms with E-state index in [9.17, 15) is 4.39 Å². The van der Waals surface area contributed by atoms with Crippen LogP contribution in [0, 0.1) is 12.7 Å². The van der Waals surface area contributed by atoms with E-state index in [-0.39, 0.29) is 5.82 Å². The molecule has 0 unspecified atom stereocenters. The summed E-state index contributed by atoms with van der Waals surface area (Å²) in [5, 5.41) is 11.9. The maximum atomic E-state index is 14.9. The molecule has 0 saturated carbocycles. The Kier molecular flexibility index (Phi) is 12.7. The smallest absolute Gasteiger partial charge is 0.181 e. The summed E-state index contributed by atoms with van der Waals surface area (Å²) in [6.45, 7) is 15.5. The monoisotopic (exact) mass is 609 g/mol. The average molecular weight is 610 g/mol. The molecule has 7 nitrogen and oxygen atoms in total. The number of pyridine rings is 1. The zero-order chi connectivity index (χ0) is 33.1. The minimum Gasteiger partial charge on any atom is -0.384 e. The van der Waals surface area contributed by atoms with Gasteiger partial charge < -0.3 is 20.1 Å². The van der Waals surface area contributed by atoms with Gasteiger partial charge >= 0.3 is 0 Å². The lowest BCUT2D eigenvalue weighted by atomic mass is 9.96. The highest BCUT2D eigenvalue weighted by Crippen LogP contribution is 2.34. The largest absolute Gasteiger partial charge is 0.384 e. The van der Waals surface area contributed by atoms with Gasteiger partial charge in [-0.1, -0.05) is 44.7 Å². The van der Waals surface area contributed by atoms with Gasteiger partial charge in [0.1, 0.15) is 5.82 Å². The third-order valence-electron chi connectivity index (χ3n) is 7.21. The predicted molar refractivity (Wildman–Crippen MR) is 191 cm³/mol. The summed E-state index contributed by atoms with van der Waals surface area (Å²) in [6, 6.07) is 9.31. The van der Waals surface area contributed by atoms with Crippen LogP contribution >= 0.6 is 0 Å². The van der Waals surface area contributed by atoms with Gasteiger partial charge in [0.2, 0.25) is 0 Å². The Morgan fingerprint density at radius 1 is 1.04 bits per heavy atom. The summed E-state index contributed by atoms with van der Waals surface area (Å²) in [5.41, 5.74) is 9.74. The fraction of sp³-hybridized carbons (Fsp3) is 0.297. The first-order valence-electron chi connectivity index (χ1n) is 15.4. The van der Waals surface area contributed by atoms with Crippen LogP contribution < -0.4 is 5.32 Å². The van der Waals surface area contributed by atoms with Crippen molar-refractivity contribution in [2.75, 3.05) is 46.6 Å². The van der Waals surface area contributed by atoms with E-state index in [0.29, 0.717) is 5.65 Å². The summed E-state index contributed by atoms with van der Waals surface area (Å²) in [7, 11) is 8.02. The van der Waals surface area contributed by atoms with Crippen molar-refractivity contribution in [3.05, 3.63) is 113 Å². The van der Waals surface area contributed by atoms with Crippen LogP contribution in [0.15, 0.2) is 85.3 Å². The Hall–Kier alpha value is -4.69. The number of allylic oxidation sites excluding steroid dienone is 7. The van der Waals surface area contributed by atoms with Gasteiger partial charge in [-0.15, -0.1) is 0 Å². The molecule has 3 heterocycles. The van der Waals surface area contributed by atoms with Crippen LogP contribution in [-0.4, -0.2) is 71.2 Å². The van der Waals surface area contributed by atoms with Crippen LogP contribution in [0.3, 0.4) is 0 Å². The molecule has 0 aliphatic heterocycles. The van der Waals surface area contributed by atoms with E-state index in [0.717, 1.165) is 74.8 Å². The second-order valence-electron chi connectivity index (χ2n) is 10.9. The maximum Gasteiger partial charge on any atom is 0.181 e. The second kappa shape index (κ2) is 16.4. The first-order valence-corrected chi connectivity index (χ1v) is 15.4. The van der Waals surface area contributed by atoms with Crippen molar-refractivity contribution in [1.82, 2.24) is 30.0 Å². The highest BCUT2D eigenvalue weighted by atomic mass is 19.1. The van der Waals surface area contributed by atoms with Crippen molar-refractivity contribution in [3.8, 4) is 11.4 Å². The minimum atomic E-state index is -0.287. The summed E-state index contributed by atoms with van der Waals surface area (Å²) < 4.78 is 14.9. The lowest BCUT2D eigenvalue weighted by molar-refractivity contribution is 0.425. The molecule has 0 atom stereocenters. The van der Waals surface area contributed by atoms with Gasteiger partial charge in [-0.3, -0.25) is 5.10 Å². The molecule has 0 saturated heterocycles.